The van der Waals surface area contributed by atoms with Gasteiger partial charge in [-0.1, -0.05) is 11.6 Å². The molecular formula is C3H4ClF3O. The van der Waals surface area contributed by atoms with Gasteiger partial charge in [-0.2, -0.15) is 13.2 Å². The molecule has 1 unspecified atom stereocenters. The standard InChI is InChI=1S/C3H4ClF3O/c1-2(4,8)3(5,6)7/h8H,1H3. The molecule has 8 heavy (non-hydrogen) atoms. The minimum Gasteiger partial charge on any atom is -0.368 e. The van der Waals surface area contributed by atoms with Gasteiger partial charge in [0.1, 0.15) is 0 Å². The van der Waals surface area contributed by atoms with Crippen molar-refractivity contribution in [2.75, 3.05) is 0 Å². The average Bonchev–Trinajstić information content (AvgIpc) is 1.25. The van der Waals surface area contributed by atoms with Gasteiger partial charge in [0.2, 0.25) is 5.06 Å². The summed E-state index contributed by atoms with van der Waals surface area (Å²) in [6.45, 7) is 0.467. The van der Waals surface area contributed by atoms with Crippen LogP contribution in [0.4, 0.5) is 13.2 Å². The maximum Gasteiger partial charge on any atom is 0.431 e. The van der Waals surface area contributed by atoms with Crippen molar-refractivity contribution in [1.29, 1.82) is 0 Å². The van der Waals surface area contributed by atoms with Crippen molar-refractivity contribution in [3.63, 3.8) is 0 Å². The Morgan fingerprint density at radius 2 is 1.50 bits per heavy atom. The summed E-state index contributed by atoms with van der Waals surface area (Å²) in [5.41, 5.74) is 0. The quantitative estimate of drug-likeness (QED) is 0.516. The zero-order valence-electron chi connectivity index (χ0n) is 3.96. The van der Waals surface area contributed by atoms with E-state index in [0.717, 1.165) is 0 Å². The number of hydrogen-bond donors (Lipinski definition) is 1. The molecule has 0 rings (SSSR count). The van der Waals surface area contributed by atoms with Gasteiger partial charge in [-0.15, -0.1) is 0 Å². The van der Waals surface area contributed by atoms with Gasteiger partial charge in [-0.05, 0) is 6.92 Å². The predicted octanol–water partition coefficient (Wildman–Crippen LogP) is 1.50. The molecule has 0 aliphatic heterocycles. The number of halogens is 4. The zero-order chi connectivity index (χ0) is 7.00. The Morgan fingerprint density at radius 1 is 1.38 bits per heavy atom. The van der Waals surface area contributed by atoms with Crippen molar-refractivity contribution >= 4 is 11.6 Å². The first-order chi connectivity index (χ1) is 3.25. The van der Waals surface area contributed by atoms with Gasteiger partial charge in [0.05, 0.1) is 0 Å². The Bertz CT molecular complexity index is 69.5. The predicted molar refractivity (Wildman–Crippen MR) is 22.5 cm³/mol. The highest BCUT2D eigenvalue weighted by Crippen LogP contribution is 2.32. The van der Waals surface area contributed by atoms with Crippen molar-refractivity contribution in [2.45, 2.75) is 18.2 Å². The number of rotatable bonds is 0. The molecule has 0 saturated carbocycles. The summed E-state index contributed by atoms with van der Waals surface area (Å²) in [6, 6.07) is 0. The Kier molecular flexibility index (Phi) is 1.78. The fourth-order valence-corrected chi connectivity index (χ4v) is 0. The molecule has 5 heteroatoms. The molecule has 0 aliphatic carbocycles. The normalized spacial score (nSPS) is 20.2. The second-order valence-corrected chi connectivity index (χ2v) is 2.19. The first-order valence-electron chi connectivity index (χ1n) is 1.73. The lowest BCUT2D eigenvalue weighted by atomic mass is 10.4. The van der Waals surface area contributed by atoms with E-state index in [1.807, 2.05) is 0 Å². The van der Waals surface area contributed by atoms with Crippen LogP contribution in [0.15, 0.2) is 0 Å². The fourth-order valence-electron chi connectivity index (χ4n) is 0. The summed E-state index contributed by atoms with van der Waals surface area (Å²) >= 11 is 4.44. The summed E-state index contributed by atoms with van der Waals surface area (Å²) in [5, 5.41) is 4.90. The van der Waals surface area contributed by atoms with E-state index in [1.165, 1.54) is 0 Å². The van der Waals surface area contributed by atoms with Crippen LogP contribution in [0.2, 0.25) is 0 Å². The SMILES string of the molecule is CC(O)(Cl)C(F)(F)F. The summed E-state index contributed by atoms with van der Waals surface area (Å²) in [7, 11) is 0. The summed E-state index contributed by atoms with van der Waals surface area (Å²) in [4.78, 5) is 0. The van der Waals surface area contributed by atoms with Gasteiger partial charge < -0.3 is 5.11 Å². The lowest BCUT2D eigenvalue weighted by Crippen LogP contribution is -2.35. The highest BCUT2D eigenvalue weighted by Gasteiger charge is 2.48. The molecule has 0 aromatic rings. The van der Waals surface area contributed by atoms with Crippen molar-refractivity contribution in [3.05, 3.63) is 0 Å². The molecule has 0 amide bonds. The van der Waals surface area contributed by atoms with Crippen LogP contribution in [0.5, 0.6) is 0 Å². The van der Waals surface area contributed by atoms with Crippen LogP contribution in [-0.4, -0.2) is 16.3 Å². The van der Waals surface area contributed by atoms with E-state index in [-0.39, 0.29) is 0 Å². The second kappa shape index (κ2) is 1.77. The molecule has 50 valence electrons. The third-order valence-corrected chi connectivity index (χ3v) is 0.732. The highest BCUT2D eigenvalue weighted by atomic mass is 35.5. The third kappa shape index (κ3) is 1.88. The van der Waals surface area contributed by atoms with Gasteiger partial charge in [-0.25, -0.2) is 0 Å². The Morgan fingerprint density at radius 3 is 1.50 bits per heavy atom. The molecule has 0 radical (unpaired) electrons. The first kappa shape index (κ1) is 8.04. The molecular weight excluding hydrogens is 144 g/mol. The number of alkyl halides is 4. The van der Waals surface area contributed by atoms with E-state index < -0.39 is 11.2 Å². The van der Waals surface area contributed by atoms with Crippen molar-refractivity contribution in [3.8, 4) is 0 Å². The number of hydrogen-bond acceptors (Lipinski definition) is 1. The largest absolute Gasteiger partial charge is 0.431 e. The fraction of sp³-hybridized carbons (Fsp3) is 1.00. The van der Waals surface area contributed by atoms with Gasteiger partial charge in [0.15, 0.2) is 0 Å². The molecule has 0 heterocycles. The van der Waals surface area contributed by atoms with Crippen LogP contribution in [0.1, 0.15) is 6.92 Å². The van der Waals surface area contributed by atoms with Crippen LogP contribution < -0.4 is 0 Å². The van der Waals surface area contributed by atoms with E-state index in [2.05, 4.69) is 11.6 Å². The van der Waals surface area contributed by atoms with Crippen LogP contribution in [0, 0.1) is 0 Å². The van der Waals surface area contributed by atoms with Crippen molar-refractivity contribution in [1.82, 2.24) is 0 Å². The van der Waals surface area contributed by atoms with Crippen molar-refractivity contribution < 1.29 is 18.3 Å². The zero-order valence-corrected chi connectivity index (χ0v) is 4.72. The molecule has 1 N–H and O–H groups in total. The van der Waals surface area contributed by atoms with Crippen LogP contribution in [0.3, 0.4) is 0 Å². The van der Waals surface area contributed by atoms with Gasteiger partial charge >= 0.3 is 6.18 Å². The van der Waals surface area contributed by atoms with Gasteiger partial charge in [0, 0.05) is 0 Å². The molecule has 0 bridgehead atoms. The van der Waals surface area contributed by atoms with Gasteiger partial charge in [-0.3, -0.25) is 0 Å². The maximum absolute atomic E-state index is 11.2. The summed E-state index contributed by atoms with van der Waals surface area (Å²) < 4.78 is 33.5. The maximum atomic E-state index is 11.2. The second-order valence-electron chi connectivity index (χ2n) is 1.45. The van der Waals surface area contributed by atoms with E-state index in [9.17, 15) is 13.2 Å². The smallest absolute Gasteiger partial charge is 0.368 e. The average molecular weight is 149 g/mol. The van der Waals surface area contributed by atoms with Gasteiger partial charge in [0.25, 0.3) is 0 Å². The minimum atomic E-state index is -4.74. The Labute approximate surface area is 49.1 Å². The monoisotopic (exact) mass is 148 g/mol. The summed E-state index contributed by atoms with van der Waals surface area (Å²) in [6.07, 6.45) is -4.74. The molecule has 0 saturated heterocycles. The van der Waals surface area contributed by atoms with Crippen LogP contribution >= 0.6 is 11.6 Å². The topological polar surface area (TPSA) is 20.2 Å². The molecule has 0 aromatic carbocycles. The first-order valence-corrected chi connectivity index (χ1v) is 2.11. The van der Waals surface area contributed by atoms with E-state index >= 15 is 0 Å². The van der Waals surface area contributed by atoms with Crippen molar-refractivity contribution in [2.24, 2.45) is 0 Å². The highest BCUT2D eigenvalue weighted by molar-refractivity contribution is 6.22. The molecule has 0 fully saturated rings. The Hall–Kier alpha value is 0.0400. The molecule has 0 aromatic heterocycles. The molecule has 1 nitrogen and oxygen atoms in total. The minimum absolute atomic E-state index is 0.467. The lowest BCUT2D eigenvalue weighted by molar-refractivity contribution is -0.217. The molecule has 1 atom stereocenters. The van der Waals surface area contributed by atoms with E-state index in [1.54, 1.807) is 0 Å². The lowest BCUT2D eigenvalue weighted by Gasteiger charge is -2.17. The Balaban J connectivity index is 4.02. The number of aliphatic hydroxyl groups is 1. The third-order valence-electron chi connectivity index (χ3n) is 0.517. The summed E-state index contributed by atoms with van der Waals surface area (Å²) in [5.74, 6) is 0. The molecule has 0 spiro atoms. The van der Waals surface area contributed by atoms with Crippen LogP contribution in [0.25, 0.3) is 0 Å². The molecule has 0 aliphatic rings. The van der Waals surface area contributed by atoms with E-state index in [0.29, 0.717) is 6.92 Å². The van der Waals surface area contributed by atoms with Crippen LogP contribution in [-0.2, 0) is 0 Å². The van der Waals surface area contributed by atoms with E-state index in [4.69, 9.17) is 5.11 Å².